The molecule has 0 aromatic heterocycles. The van der Waals surface area contributed by atoms with E-state index in [-0.39, 0.29) is 17.4 Å². The zero-order valence-corrected chi connectivity index (χ0v) is 6.82. The second-order valence-electron chi connectivity index (χ2n) is 3.81. The van der Waals surface area contributed by atoms with E-state index in [1.54, 1.807) is 0 Å². The first-order valence-electron chi connectivity index (χ1n) is 4.24. The molecule has 1 saturated carbocycles. The van der Waals surface area contributed by atoms with Crippen LogP contribution in [0.15, 0.2) is 0 Å². The molecule has 0 amide bonds. The number of hydrogen-bond acceptors (Lipinski definition) is 3. The molecule has 2 aliphatic rings. The van der Waals surface area contributed by atoms with Crippen LogP contribution in [0.3, 0.4) is 0 Å². The van der Waals surface area contributed by atoms with Crippen LogP contribution in [-0.4, -0.2) is 29.8 Å². The van der Waals surface area contributed by atoms with Crippen molar-refractivity contribution in [3.8, 4) is 0 Å². The van der Waals surface area contributed by atoms with Crippen molar-refractivity contribution in [2.24, 2.45) is 17.6 Å². The van der Waals surface area contributed by atoms with Gasteiger partial charge in [0.25, 0.3) is 0 Å². The minimum Gasteiger partial charge on any atom is -0.481 e. The van der Waals surface area contributed by atoms with Crippen molar-refractivity contribution in [3.05, 3.63) is 0 Å². The molecule has 0 radical (unpaired) electrons. The quantitative estimate of drug-likeness (QED) is 0.604. The van der Waals surface area contributed by atoms with Crippen LogP contribution in [0.1, 0.15) is 12.8 Å². The maximum absolute atomic E-state index is 10.8. The number of rotatable bonds is 2. The van der Waals surface area contributed by atoms with Gasteiger partial charge >= 0.3 is 5.97 Å². The van der Waals surface area contributed by atoms with Gasteiger partial charge in [0.1, 0.15) is 0 Å². The molecule has 0 spiro atoms. The maximum atomic E-state index is 10.8. The van der Waals surface area contributed by atoms with E-state index in [0.29, 0.717) is 19.6 Å². The Hall–Kier alpha value is -0.610. The van der Waals surface area contributed by atoms with Crippen molar-refractivity contribution < 1.29 is 14.6 Å². The molecule has 3 N–H and O–H groups in total. The summed E-state index contributed by atoms with van der Waals surface area (Å²) in [5.41, 5.74) is 5.25. The van der Waals surface area contributed by atoms with Crippen molar-refractivity contribution in [1.29, 1.82) is 0 Å². The second-order valence-corrected chi connectivity index (χ2v) is 3.81. The lowest BCUT2D eigenvalue weighted by molar-refractivity contribution is -0.147. The van der Waals surface area contributed by atoms with Gasteiger partial charge in [-0.25, -0.2) is 0 Å². The number of ether oxygens (including phenoxy) is 1. The standard InChI is InChI=1S/C8H13NO3/c9-4-8-1-5(3-12-8)6(2-8)7(10)11/h5-6H,1-4,9H2,(H,10,11)/t5-,6+,8+/m1/s1. The van der Waals surface area contributed by atoms with Gasteiger partial charge in [0, 0.05) is 6.54 Å². The predicted molar refractivity (Wildman–Crippen MR) is 41.6 cm³/mol. The Morgan fingerprint density at radius 2 is 2.42 bits per heavy atom. The molecule has 1 heterocycles. The monoisotopic (exact) mass is 171 g/mol. The van der Waals surface area contributed by atoms with E-state index < -0.39 is 5.97 Å². The third-order valence-corrected chi connectivity index (χ3v) is 3.09. The molecule has 68 valence electrons. The molecule has 4 heteroatoms. The van der Waals surface area contributed by atoms with Crippen molar-refractivity contribution >= 4 is 5.97 Å². The molecule has 1 aliphatic heterocycles. The van der Waals surface area contributed by atoms with Crippen molar-refractivity contribution in [2.45, 2.75) is 18.4 Å². The lowest BCUT2D eigenvalue weighted by Crippen LogP contribution is -2.38. The van der Waals surface area contributed by atoms with Crippen LogP contribution in [0, 0.1) is 11.8 Å². The fraction of sp³-hybridized carbons (Fsp3) is 0.875. The van der Waals surface area contributed by atoms with Gasteiger partial charge in [-0.15, -0.1) is 0 Å². The summed E-state index contributed by atoms with van der Waals surface area (Å²) in [5, 5.41) is 8.85. The van der Waals surface area contributed by atoms with E-state index in [4.69, 9.17) is 15.6 Å². The SMILES string of the molecule is NC[C@@]12C[C@H](CO1)[C@@H](C(=O)O)C2. The topological polar surface area (TPSA) is 72.5 Å². The summed E-state index contributed by atoms with van der Waals surface area (Å²) in [6.07, 6.45) is 1.43. The molecule has 12 heavy (non-hydrogen) atoms. The first-order chi connectivity index (χ1) is 5.67. The fourth-order valence-electron chi connectivity index (χ4n) is 2.36. The highest BCUT2D eigenvalue weighted by Crippen LogP contribution is 2.47. The van der Waals surface area contributed by atoms with Crippen LogP contribution >= 0.6 is 0 Å². The van der Waals surface area contributed by atoms with Crippen LogP contribution < -0.4 is 5.73 Å². The average molecular weight is 171 g/mol. The maximum Gasteiger partial charge on any atom is 0.306 e. The molecule has 0 unspecified atom stereocenters. The number of aliphatic carboxylic acids is 1. The van der Waals surface area contributed by atoms with Gasteiger partial charge in [-0.1, -0.05) is 0 Å². The highest BCUT2D eigenvalue weighted by molar-refractivity contribution is 5.71. The van der Waals surface area contributed by atoms with Crippen LogP contribution in [0.5, 0.6) is 0 Å². The molecule has 0 aromatic carbocycles. The van der Waals surface area contributed by atoms with E-state index >= 15 is 0 Å². The van der Waals surface area contributed by atoms with Crippen molar-refractivity contribution in [1.82, 2.24) is 0 Å². The third-order valence-electron chi connectivity index (χ3n) is 3.09. The fourth-order valence-corrected chi connectivity index (χ4v) is 2.36. The first-order valence-corrected chi connectivity index (χ1v) is 4.24. The average Bonchev–Trinajstić information content (AvgIpc) is 2.61. The molecule has 4 nitrogen and oxygen atoms in total. The Balaban J connectivity index is 2.14. The summed E-state index contributed by atoms with van der Waals surface area (Å²) in [6.45, 7) is 1.03. The Morgan fingerprint density at radius 3 is 2.83 bits per heavy atom. The van der Waals surface area contributed by atoms with Crippen LogP contribution in [0.25, 0.3) is 0 Å². The Morgan fingerprint density at radius 1 is 1.67 bits per heavy atom. The molecule has 0 aromatic rings. The van der Waals surface area contributed by atoms with E-state index in [0.717, 1.165) is 6.42 Å². The number of hydrogen-bond donors (Lipinski definition) is 2. The largest absolute Gasteiger partial charge is 0.481 e. The van der Waals surface area contributed by atoms with Crippen molar-refractivity contribution in [3.63, 3.8) is 0 Å². The minimum atomic E-state index is -0.696. The van der Waals surface area contributed by atoms with Crippen LogP contribution in [-0.2, 0) is 9.53 Å². The van der Waals surface area contributed by atoms with E-state index in [2.05, 4.69) is 0 Å². The molecule has 3 atom stereocenters. The number of carbonyl (C=O) groups is 1. The van der Waals surface area contributed by atoms with Gasteiger partial charge in [-0.3, -0.25) is 4.79 Å². The van der Waals surface area contributed by atoms with Gasteiger partial charge in [-0.2, -0.15) is 0 Å². The summed E-state index contributed by atoms with van der Waals surface area (Å²) in [6, 6.07) is 0. The number of carboxylic acids is 1. The summed E-state index contributed by atoms with van der Waals surface area (Å²) < 4.78 is 5.48. The van der Waals surface area contributed by atoms with Crippen molar-refractivity contribution in [2.75, 3.05) is 13.2 Å². The minimum absolute atomic E-state index is 0.200. The molecule has 1 saturated heterocycles. The predicted octanol–water partition coefficient (Wildman–Crippen LogP) is -0.175. The summed E-state index contributed by atoms with van der Waals surface area (Å²) in [4.78, 5) is 10.8. The van der Waals surface area contributed by atoms with E-state index in [1.807, 2.05) is 0 Å². The van der Waals surface area contributed by atoms with Gasteiger partial charge in [0.2, 0.25) is 0 Å². The highest BCUT2D eigenvalue weighted by Gasteiger charge is 2.53. The van der Waals surface area contributed by atoms with Crippen LogP contribution in [0.4, 0.5) is 0 Å². The Bertz CT molecular complexity index is 218. The smallest absolute Gasteiger partial charge is 0.306 e. The van der Waals surface area contributed by atoms with Crippen LogP contribution in [0.2, 0.25) is 0 Å². The molecule has 2 fully saturated rings. The third kappa shape index (κ3) is 0.949. The number of carboxylic acid groups (broad SMARTS) is 1. The molecule has 2 rings (SSSR count). The van der Waals surface area contributed by atoms with E-state index in [1.165, 1.54) is 0 Å². The lowest BCUT2D eigenvalue weighted by Gasteiger charge is -2.27. The van der Waals surface area contributed by atoms with Gasteiger partial charge in [0.15, 0.2) is 0 Å². The lowest BCUT2D eigenvalue weighted by atomic mass is 9.96. The summed E-state index contributed by atoms with van der Waals surface area (Å²) >= 11 is 0. The number of fused-ring (bicyclic) bond motifs is 2. The van der Waals surface area contributed by atoms with Gasteiger partial charge in [0.05, 0.1) is 18.1 Å². The zero-order chi connectivity index (χ0) is 8.77. The Kier molecular flexibility index (Phi) is 1.63. The summed E-state index contributed by atoms with van der Waals surface area (Å²) in [5.74, 6) is -0.716. The second kappa shape index (κ2) is 2.44. The number of nitrogens with two attached hydrogens (primary N) is 1. The molecule has 1 aliphatic carbocycles. The molecule has 2 bridgehead atoms. The van der Waals surface area contributed by atoms with E-state index in [9.17, 15) is 4.79 Å². The molecular formula is C8H13NO3. The normalized spacial score (nSPS) is 45.1. The zero-order valence-electron chi connectivity index (χ0n) is 6.82. The molecular weight excluding hydrogens is 158 g/mol. The van der Waals surface area contributed by atoms with Gasteiger partial charge < -0.3 is 15.6 Å². The summed E-state index contributed by atoms with van der Waals surface area (Å²) in [7, 11) is 0. The Labute approximate surface area is 70.7 Å². The first kappa shape index (κ1) is 8.01. The highest BCUT2D eigenvalue weighted by atomic mass is 16.5. The van der Waals surface area contributed by atoms with Gasteiger partial charge in [-0.05, 0) is 18.8 Å².